The summed E-state index contributed by atoms with van der Waals surface area (Å²) in [7, 11) is 3.56. The molecule has 1 aromatic rings. The van der Waals surface area contributed by atoms with E-state index in [1.165, 1.54) is 6.07 Å². The summed E-state index contributed by atoms with van der Waals surface area (Å²) in [5.41, 5.74) is 0.924. The molecule has 2 N–H and O–H groups in total. The van der Waals surface area contributed by atoms with Gasteiger partial charge in [0, 0.05) is 39.3 Å². The third-order valence-corrected chi connectivity index (χ3v) is 3.94. The van der Waals surface area contributed by atoms with Crippen molar-refractivity contribution in [3.63, 3.8) is 0 Å². The van der Waals surface area contributed by atoms with E-state index < -0.39 is 0 Å². The van der Waals surface area contributed by atoms with E-state index in [2.05, 4.69) is 15.6 Å². The Kier molecular flexibility index (Phi) is 4.95. The molecule has 0 amide bonds. The molecule has 20 heavy (non-hydrogen) atoms. The molecule has 0 saturated carbocycles. The molecule has 1 fully saturated rings. The van der Waals surface area contributed by atoms with Crippen molar-refractivity contribution >= 4 is 5.96 Å². The first kappa shape index (κ1) is 14.8. The fourth-order valence-electron chi connectivity index (χ4n) is 2.68. The van der Waals surface area contributed by atoms with Crippen LogP contribution >= 0.6 is 0 Å². The summed E-state index contributed by atoms with van der Waals surface area (Å²) >= 11 is 0. The molecule has 1 aliphatic heterocycles. The minimum Gasteiger partial charge on any atom is -0.381 e. The number of benzene rings is 1. The van der Waals surface area contributed by atoms with Gasteiger partial charge in [-0.25, -0.2) is 4.39 Å². The van der Waals surface area contributed by atoms with Gasteiger partial charge in [0.2, 0.25) is 0 Å². The fraction of sp³-hybridized carbons (Fsp3) is 0.533. The molecule has 1 aromatic carbocycles. The SMILES string of the molecule is CN=C(NC)NCC1(c2cccc(F)c2)CCOCC1. The normalized spacial score (nSPS) is 18.6. The van der Waals surface area contributed by atoms with Gasteiger partial charge in [-0.05, 0) is 30.5 Å². The Morgan fingerprint density at radius 1 is 1.40 bits per heavy atom. The molecule has 1 heterocycles. The molecule has 4 nitrogen and oxygen atoms in total. The molecule has 0 aliphatic carbocycles. The van der Waals surface area contributed by atoms with Crippen molar-refractivity contribution in [1.82, 2.24) is 10.6 Å². The van der Waals surface area contributed by atoms with Crippen LogP contribution in [-0.2, 0) is 10.2 Å². The average Bonchev–Trinajstić information content (AvgIpc) is 2.49. The van der Waals surface area contributed by atoms with E-state index in [1.54, 1.807) is 19.2 Å². The van der Waals surface area contributed by atoms with E-state index in [-0.39, 0.29) is 11.2 Å². The second kappa shape index (κ2) is 6.70. The highest BCUT2D eigenvalue weighted by molar-refractivity contribution is 5.79. The first-order valence-corrected chi connectivity index (χ1v) is 6.92. The molecule has 0 unspecified atom stereocenters. The van der Waals surface area contributed by atoms with Gasteiger partial charge in [0.1, 0.15) is 5.82 Å². The maximum atomic E-state index is 13.5. The van der Waals surface area contributed by atoms with E-state index >= 15 is 0 Å². The zero-order valence-electron chi connectivity index (χ0n) is 12.1. The summed E-state index contributed by atoms with van der Waals surface area (Å²) in [4.78, 5) is 4.12. The third kappa shape index (κ3) is 3.28. The van der Waals surface area contributed by atoms with Crippen molar-refractivity contribution < 1.29 is 9.13 Å². The molecule has 5 heteroatoms. The zero-order chi connectivity index (χ0) is 14.4. The molecule has 0 aromatic heterocycles. The number of aliphatic imine (C=N–C) groups is 1. The Bertz CT molecular complexity index is 470. The molecule has 1 aliphatic rings. The highest BCUT2D eigenvalue weighted by Crippen LogP contribution is 2.34. The quantitative estimate of drug-likeness (QED) is 0.653. The predicted octanol–water partition coefficient (Wildman–Crippen LogP) is 1.67. The molecule has 110 valence electrons. The first-order chi connectivity index (χ1) is 9.70. The summed E-state index contributed by atoms with van der Waals surface area (Å²) in [6.07, 6.45) is 1.76. The molecule has 0 spiro atoms. The Morgan fingerprint density at radius 2 is 2.15 bits per heavy atom. The van der Waals surface area contributed by atoms with Crippen LogP contribution in [-0.4, -0.2) is 39.8 Å². The zero-order valence-corrected chi connectivity index (χ0v) is 12.1. The van der Waals surface area contributed by atoms with Gasteiger partial charge in [-0.3, -0.25) is 4.99 Å². The van der Waals surface area contributed by atoms with Crippen molar-refractivity contribution in [1.29, 1.82) is 0 Å². The van der Waals surface area contributed by atoms with Gasteiger partial charge in [-0.15, -0.1) is 0 Å². The Hall–Kier alpha value is -1.62. The van der Waals surface area contributed by atoms with Crippen molar-refractivity contribution in [2.75, 3.05) is 33.9 Å². The Balaban J connectivity index is 2.21. The van der Waals surface area contributed by atoms with Gasteiger partial charge in [-0.2, -0.15) is 0 Å². The highest BCUT2D eigenvalue weighted by Gasteiger charge is 2.34. The van der Waals surface area contributed by atoms with E-state index in [1.807, 2.05) is 13.1 Å². The maximum absolute atomic E-state index is 13.5. The Labute approximate surface area is 119 Å². The molecule has 0 atom stereocenters. The fourth-order valence-corrected chi connectivity index (χ4v) is 2.68. The van der Waals surface area contributed by atoms with Gasteiger partial charge in [0.15, 0.2) is 5.96 Å². The van der Waals surface area contributed by atoms with Gasteiger partial charge in [-0.1, -0.05) is 12.1 Å². The van der Waals surface area contributed by atoms with Crippen molar-refractivity contribution in [3.05, 3.63) is 35.6 Å². The van der Waals surface area contributed by atoms with Gasteiger partial charge in [0.05, 0.1) is 0 Å². The van der Waals surface area contributed by atoms with E-state index in [0.29, 0.717) is 19.8 Å². The summed E-state index contributed by atoms with van der Waals surface area (Å²) in [6, 6.07) is 6.89. The standard InChI is InChI=1S/C15H22FN3O/c1-17-14(18-2)19-11-15(6-8-20-9-7-15)12-4-3-5-13(16)10-12/h3-5,10H,6-9,11H2,1-2H3,(H2,17,18,19). The number of halogens is 1. The lowest BCUT2D eigenvalue weighted by atomic mass is 9.74. The van der Waals surface area contributed by atoms with Crippen LogP contribution in [0.3, 0.4) is 0 Å². The summed E-state index contributed by atoms with van der Waals surface area (Å²) in [6.45, 7) is 2.13. The first-order valence-electron chi connectivity index (χ1n) is 6.92. The second-order valence-electron chi connectivity index (χ2n) is 5.08. The molecular weight excluding hydrogens is 257 g/mol. The molecular formula is C15H22FN3O. The smallest absolute Gasteiger partial charge is 0.190 e. The lowest BCUT2D eigenvalue weighted by molar-refractivity contribution is 0.0513. The maximum Gasteiger partial charge on any atom is 0.190 e. The van der Waals surface area contributed by atoms with Gasteiger partial charge < -0.3 is 15.4 Å². The van der Waals surface area contributed by atoms with E-state index in [4.69, 9.17) is 4.74 Å². The van der Waals surface area contributed by atoms with Crippen LogP contribution in [0, 0.1) is 5.82 Å². The van der Waals surface area contributed by atoms with Crippen LogP contribution in [0.5, 0.6) is 0 Å². The molecule has 1 saturated heterocycles. The largest absolute Gasteiger partial charge is 0.381 e. The van der Waals surface area contributed by atoms with Gasteiger partial charge >= 0.3 is 0 Å². The minimum absolute atomic E-state index is 0.104. The minimum atomic E-state index is -0.189. The van der Waals surface area contributed by atoms with Crippen molar-refractivity contribution in [3.8, 4) is 0 Å². The second-order valence-corrected chi connectivity index (χ2v) is 5.08. The predicted molar refractivity (Wildman–Crippen MR) is 78.6 cm³/mol. The van der Waals surface area contributed by atoms with Crippen LogP contribution in [0.25, 0.3) is 0 Å². The van der Waals surface area contributed by atoms with Crippen molar-refractivity contribution in [2.24, 2.45) is 4.99 Å². The number of ether oxygens (including phenoxy) is 1. The third-order valence-electron chi connectivity index (χ3n) is 3.94. The number of rotatable bonds is 3. The molecule has 0 bridgehead atoms. The van der Waals surface area contributed by atoms with Crippen molar-refractivity contribution in [2.45, 2.75) is 18.3 Å². The number of hydrogen-bond donors (Lipinski definition) is 2. The average molecular weight is 279 g/mol. The number of nitrogens with zero attached hydrogens (tertiary/aromatic N) is 1. The number of guanidine groups is 1. The van der Waals surface area contributed by atoms with Gasteiger partial charge in [0.25, 0.3) is 0 Å². The van der Waals surface area contributed by atoms with E-state index in [0.717, 1.165) is 24.4 Å². The summed E-state index contributed by atoms with van der Waals surface area (Å²) in [5.74, 6) is 0.554. The molecule has 2 rings (SSSR count). The lowest BCUT2D eigenvalue weighted by Gasteiger charge is -2.38. The Morgan fingerprint density at radius 3 is 2.75 bits per heavy atom. The van der Waals surface area contributed by atoms with Crippen LogP contribution in [0.4, 0.5) is 4.39 Å². The summed E-state index contributed by atoms with van der Waals surface area (Å²) < 4.78 is 19.0. The topological polar surface area (TPSA) is 45.7 Å². The van der Waals surface area contributed by atoms with E-state index in [9.17, 15) is 4.39 Å². The van der Waals surface area contributed by atoms with Crippen LogP contribution in [0.15, 0.2) is 29.3 Å². The highest BCUT2D eigenvalue weighted by atomic mass is 19.1. The van der Waals surface area contributed by atoms with Crippen LogP contribution < -0.4 is 10.6 Å². The molecule has 0 radical (unpaired) electrons. The van der Waals surface area contributed by atoms with Crippen LogP contribution in [0.2, 0.25) is 0 Å². The number of hydrogen-bond acceptors (Lipinski definition) is 2. The summed E-state index contributed by atoms with van der Waals surface area (Å²) in [5, 5.41) is 6.31. The lowest BCUT2D eigenvalue weighted by Crippen LogP contribution is -2.47. The van der Waals surface area contributed by atoms with Crippen LogP contribution in [0.1, 0.15) is 18.4 Å². The number of nitrogens with one attached hydrogen (secondary N) is 2. The monoisotopic (exact) mass is 279 g/mol.